The Bertz CT molecular complexity index is 825. The average molecular weight is 349 g/mol. The fraction of sp³-hybridized carbons (Fsp3) is 0.409. The van der Waals surface area contributed by atoms with Crippen molar-refractivity contribution >= 4 is 23.0 Å². The predicted molar refractivity (Wildman–Crippen MR) is 103 cm³/mol. The maximum Gasteiger partial charge on any atom is 0.0480 e. The maximum atomic E-state index is 10.9. The zero-order chi connectivity index (χ0) is 18.3. The van der Waals surface area contributed by atoms with Crippen molar-refractivity contribution < 1.29 is 9.90 Å². The molecule has 4 heteroatoms. The summed E-state index contributed by atoms with van der Waals surface area (Å²) in [5, 5.41) is 10.9. The lowest BCUT2D eigenvalue weighted by molar-refractivity contribution is -0.312. The number of carboxylic acid groups (broad SMARTS) is 1. The van der Waals surface area contributed by atoms with Gasteiger partial charge in [-0.1, -0.05) is 32.0 Å². The van der Waals surface area contributed by atoms with Crippen molar-refractivity contribution in [2.24, 2.45) is 5.92 Å². The van der Waals surface area contributed by atoms with Gasteiger partial charge in [-0.3, -0.25) is 0 Å². The number of benzene rings is 2. The highest BCUT2D eigenvalue weighted by Gasteiger charge is 2.28. The van der Waals surface area contributed by atoms with Crippen LogP contribution in [0.15, 0.2) is 42.5 Å². The molecule has 0 saturated carbocycles. The summed E-state index contributed by atoms with van der Waals surface area (Å²) in [5.74, 6) is -0.741. The highest BCUT2D eigenvalue weighted by Crippen LogP contribution is 2.37. The first kappa shape index (κ1) is 17.0. The van der Waals surface area contributed by atoms with Crippen LogP contribution in [0.3, 0.4) is 0 Å². The fourth-order valence-corrected chi connectivity index (χ4v) is 3.94. The minimum absolute atomic E-state index is 0.344. The topological polar surface area (TPSA) is 46.6 Å². The number of nitrogens with zero attached hydrogens (tertiary/aromatic N) is 2. The summed E-state index contributed by atoms with van der Waals surface area (Å²) in [4.78, 5) is 15.4. The Morgan fingerprint density at radius 3 is 2.62 bits per heavy atom. The van der Waals surface area contributed by atoms with Crippen LogP contribution in [0.2, 0.25) is 0 Å². The van der Waals surface area contributed by atoms with Crippen LogP contribution >= 0.6 is 0 Å². The molecule has 1 fully saturated rings. The minimum atomic E-state index is -0.941. The van der Waals surface area contributed by atoms with Gasteiger partial charge in [-0.25, -0.2) is 0 Å². The quantitative estimate of drug-likeness (QED) is 0.851. The molecule has 1 saturated heterocycles. The molecule has 26 heavy (non-hydrogen) atoms. The summed E-state index contributed by atoms with van der Waals surface area (Å²) in [5.41, 5.74) is 6.39. The third-order valence-electron chi connectivity index (χ3n) is 5.61. The van der Waals surface area contributed by atoms with Crippen LogP contribution in [0.5, 0.6) is 0 Å². The number of carbonyl (C=O) groups excluding carboxylic acids is 1. The van der Waals surface area contributed by atoms with Crippen molar-refractivity contribution in [2.45, 2.75) is 32.6 Å². The van der Waals surface area contributed by atoms with Crippen LogP contribution in [0.25, 0.3) is 0 Å². The second-order valence-electron chi connectivity index (χ2n) is 7.74. The first-order valence-corrected chi connectivity index (χ1v) is 9.49. The number of fused-ring (bicyclic) bond motifs is 1. The lowest BCUT2D eigenvalue weighted by atomic mass is 9.94. The van der Waals surface area contributed by atoms with E-state index in [1.165, 1.54) is 22.5 Å². The zero-order valence-corrected chi connectivity index (χ0v) is 15.4. The van der Waals surface area contributed by atoms with Crippen LogP contribution in [-0.2, 0) is 11.2 Å². The van der Waals surface area contributed by atoms with Gasteiger partial charge in [-0.05, 0) is 54.2 Å². The molecule has 0 N–H and O–H groups in total. The fourth-order valence-electron chi connectivity index (χ4n) is 3.94. The average Bonchev–Trinajstić information content (AvgIpc) is 2.59. The summed E-state index contributed by atoms with van der Waals surface area (Å²) in [6.07, 6.45) is 2.28. The Balaban J connectivity index is 1.60. The van der Waals surface area contributed by atoms with Gasteiger partial charge < -0.3 is 19.7 Å². The summed E-state index contributed by atoms with van der Waals surface area (Å²) < 4.78 is 0. The van der Waals surface area contributed by atoms with Crippen molar-refractivity contribution in [2.75, 3.05) is 29.4 Å². The van der Waals surface area contributed by atoms with E-state index in [1.54, 1.807) is 0 Å². The largest absolute Gasteiger partial charge is 0.550 e. The Labute approximate surface area is 155 Å². The normalized spacial score (nSPS) is 17.2. The summed E-state index contributed by atoms with van der Waals surface area (Å²) in [7, 11) is 0. The molecule has 2 aliphatic heterocycles. The zero-order valence-electron chi connectivity index (χ0n) is 15.4. The van der Waals surface area contributed by atoms with Crippen molar-refractivity contribution in [1.82, 2.24) is 0 Å². The van der Waals surface area contributed by atoms with Crippen molar-refractivity contribution in [1.29, 1.82) is 0 Å². The van der Waals surface area contributed by atoms with Crippen LogP contribution in [-0.4, -0.2) is 25.6 Å². The van der Waals surface area contributed by atoms with E-state index in [-0.39, 0.29) is 5.92 Å². The highest BCUT2D eigenvalue weighted by atomic mass is 16.4. The molecule has 2 aromatic carbocycles. The molecule has 0 atom stereocenters. The lowest BCUT2D eigenvalue weighted by Gasteiger charge is -2.42. The molecule has 0 spiro atoms. The third kappa shape index (κ3) is 3.05. The number of carbonyl (C=O) groups is 1. The second kappa shape index (κ2) is 6.67. The number of rotatable bonds is 4. The number of hydrogen-bond acceptors (Lipinski definition) is 4. The Morgan fingerprint density at radius 1 is 1.12 bits per heavy atom. The Hall–Kier alpha value is -2.49. The molecule has 0 aromatic heterocycles. The van der Waals surface area contributed by atoms with E-state index >= 15 is 0 Å². The smallest absolute Gasteiger partial charge is 0.0480 e. The summed E-state index contributed by atoms with van der Waals surface area (Å²) >= 11 is 0. The second-order valence-corrected chi connectivity index (χ2v) is 7.74. The molecular formula is C22H25N2O2-. The molecule has 136 valence electrons. The van der Waals surface area contributed by atoms with Crippen LogP contribution in [0, 0.1) is 5.92 Å². The first-order chi connectivity index (χ1) is 12.5. The molecule has 4 rings (SSSR count). The van der Waals surface area contributed by atoms with Crippen LogP contribution in [0.1, 0.15) is 37.3 Å². The van der Waals surface area contributed by atoms with Gasteiger partial charge in [0, 0.05) is 48.6 Å². The van der Waals surface area contributed by atoms with Crippen molar-refractivity contribution in [3.63, 3.8) is 0 Å². The molecular weight excluding hydrogens is 324 g/mol. The molecule has 0 bridgehead atoms. The summed E-state index contributed by atoms with van der Waals surface area (Å²) in [6.45, 7) is 6.57. The van der Waals surface area contributed by atoms with E-state index in [2.05, 4.69) is 66.1 Å². The lowest BCUT2D eigenvalue weighted by Crippen LogP contribution is -2.54. The molecule has 0 amide bonds. The van der Waals surface area contributed by atoms with Crippen molar-refractivity contribution in [3.8, 4) is 0 Å². The number of aliphatic carboxylic acids is 1. The monoisotopic (exact) mass is 349 g/mol. The highest BCUT2D eigenvalue weighted by molar-refractivity contribution is 5.75. The van der Waals surface area contributed by atoms with Gasteiger partial charge in [-0.15, -0.1) is 0 Å². The third-order valence-corrected chi connectivity index (χ3v) is 5.61. The standard InChI is InChI=1S/C22H26N2O2/c1-15(2)16-8-9-21-17(11-16)5-4-10-24(21)20-7-3-6-19(12-20)23-13-18(14-23)22(25)26/h3,6-9,11-12,15,18H,4-5,10,13-14H2,1-2H3,(H,25,26)/p-1. The van der Waals surface area contributed by atoms with Crippen molar-refractivity contribution in [3.05, 3.63) is 53.6 Å². The Morgan fingerprint density at radius 2 is 1.88 bits per heavy atom. The van der Waals surface area contributed by atoms with Crippen LogP contribution < -0.4 is 14.9 Å². The number of carboxylic acids is 1. The number of hydrogen-bond donors (Lipinski definition) is 0. The number of aryl methyl sites for hydroxylation is 1. The first-order valence-electron chi connectivity index (χ1n) is 9.49. The Kier molecular flexibility index (Phi) is 4.35. The number of anilines is 3. The van der Waals surface area contributed by atoms with Gasteiger partial charge >= 0.3 is 0 Å². The van der Waals surface area contributed by atoms with E-state index in [4.69, 9.17) is 0 Å². The maximum absolute atomic E-state index is 10.9. The summed E-state index contributed by atoms with van der Waals surface area (Å²) in [6, 6.07) is 15.3. The van der Waals surface area contributed by atoms with Gasteiger partial charge in [0.2, 0.25) is 0 Å². The predicted octanol–water partition coefficient (Wildman–Crippen LogP) is 3.08. The van der Waals surface area contributed by atoms with Crippen LogP contribution in [0.4, 0.5) is 17.1 Å². The van der Waals surface area contributed by atoms with Gasteiger partial charge in [0.1, 0.15) is 0 Å². The minimum Gasteiger partial charge on any atom is -0.550 e. The van der Waals surface area contributed by atoms with Gasteiger partial charge in [0.05, 0.1) is 0 Å². The van der Waals surface area contributed by atoms with E-state index in [9.17, 15) is 9.90 Å². The molecule has 0 radical (unpaired) electrons. The SMILES string of the molecule is CC(C)c1ccc2c(c1)CCCN2c1cccc(N2CC(C(=O)[O-])C2)c1. The molecule has 4 nitrogen and oxygen atoms in total. The molecule has 2 heterocycles. The van der Waals surface area contributed by atoms with E-state index in [1.807, 2.05) is 0 Å². The van der Waals surface area contributed by atoms with Gasteiger partial charge in [0.25, 0.3) is 0 Å². The van der Waals surface area contributed by atoms with Gasteiger partial charge in [-0.2, -0.15) is 0 Å². The molecule has 0 aliphatic carbocycles. The molecule has 0 unspecified atom stereocenters. The molecule has 2 aromatic rings. The van der Waals surface area contributed by atoms with E-state index in [0.29, 0.717) is 19.0 Å². The van der Waals surface area contributed by atoms with E-state index in [0.717, 1.165) is 25.1 Å². The molecule has 2 aliphatic rings. The van der Waals surface area contributed by atoms with Gasteiger partial charge in [0.15, 0.2) is 0 Å². The van der Waals surface area contributed by atoms with E-state index < -0.39 is 5.97 Å².